The molecule has 5 nitrogen and oxygen atoms in total. The molecule has 0 bridgehead atoms. The lowest BCUT2D eigenvalue weighted by molar-refractivity contribution is 0.170. The van der Waals surface area contributed by atoms with Gasteiger partial charge in [-0.15, -0.1) is 0 Å². The summed E-state index contributed by atoms with van der Waals surface area (Å²) < 4.78 is 2.05. The molecule has 132 valence electrons. The normalized spacial score (nSPS) is 17.6. The molecule has 2 aliphatic carbocycles. The molecule has 1 aromatic heterocycles. The number of imidazole rings is 1. The number of nitrogens with zero attached hydrogens (tertiary/aromatic N) is 3. The first-order valence-electron chi connectivity index (χ1n) is 9.39. The number of carbonyl (C=O) groups excluding carboxylic acids is 1. The van der Waals surface area contributed by atoms with E-state index in [0.29, 0.717) is 18.6 Å². The average molecular weight is 338 g/mol. The van der Waals surface area contributed by atoms with Crippen molar-refractivity contribution in [3.63, 3.8) is 0 Å². The van der Waals surface area contributed by atoms with Crippen molar-refractivity contribution >= 4 is 6.03 Å². The van der Waals surface area contributed by atoms with Gasteiger partial charge in [-0.25, -0.2) is 9.78 Å². The Balaban J connectivity index is 1.36. The maximum Gasteiger partial charge on any atom is 0.318 e. The van der Waals surface area contributed by atoms with E-state index >= 15 is 0 Å². The van der Waals surface area contributed by atoms with Crippen LogP contribution in [0.25, 0.3) is 0 Å². The lowest BCUT2D eigenvalue weighted by atomic mass is 10.1. The Labute approximate surface area is 149 Å². The molecule has 1 heterocycles. The number of urea groups is 1. The first-order valence-corrected chi connectivity index (χ1v) is 9.39. The van der Waals surface area contributed by atoms with Crippen molar-refractivity contribution in [2.24, 2.45) is 0 Å². The molecule has 2 aromatic rings. The number of rotatable bonds is 6. The fourth-order valence-corrected chi connectivity index (χ4v) is 3.86. The minimum absolute atomic E-state index is 0.120. The largest absolute Gasteiger partial charge is 0.334 e. The third kappa shape index (κ3) is 4.03. The summed E-state index contributed by atoms with van der Waals surface area (Å²) in [5, 5.41) is 3.15. The third-order valence-electron chi connectivity index (χ3n) is 5.25. The van der Waals surface area contributed by atoms with Crippen molar-refractivity contribution < 1.29 is 4.79 Å². The Morgan fingerprint density at radius 2 is 1.92 bits per heavy atom. The Morgan fingerprint density at radius 1 is 1.16 bits per heavy atom. The molecule has 1 N–H and O–H groups in total. The number of carbonyl (C=O) groups is 1. The van der Waals surface area contributed by atoms with Crippen molar-refractivity contribution in [1.82, 2.24) is 19.8 Å². The second-order valence-electron chi connectivity index (χ2n) is 7.29. The summed E-state index contributed by atoms with van der Waals surface area (Å²) in [5.41, 5.74) is 2.37. The Kier molecular flexibility index (Phi) is 4.72. The molecule has 0 aliphatic heterocycles. The zero-order valence-corrected chi connectivity index (χ0v) is 14.6. The van der Waals surface area contributed by atoms with Crippen molar-refractivity contribution in [3.8, 4) is 0 Å². The molecule has 1 aromatic carbocycles. The van der Waals surface area contributed by atoms with Gasteiger partial charge in [0.2, 0.25) is 0 Å². The molecule has 0 atom stereocenters. The van der Waals surface area contributed by atoms with Crippen LogP contribution in [-0.2, 0) is 13.1 Å². The van der Waals surface area contributed by atoms with E-state index in [1.807, 2.05) is 17.1 Å². The van der Waals surface area contributed by atoms with Crippen molar-refractivity contribution in [1.29, 1.82) is 0 Å². The summed E-state index contributed by atoms with van der Waals surface area (Å²) >= 11 is 0. The van der Waals surface area contributed by atoms with E-state index in [9.17, 15) is 4.79 Å². The van der Waals surface area contributed by atoms with Gasteiger partial charge in [0, 0.05) is 37.6 Å². The predicted octanol–water partition coefficient (Wildman–Crippen LogP) is 3.55. The van der Waals surface area contributed by atoms with Crippen molar-refractivity contribution in [2.75, 3.05) is 0 Å². The van der Waals surface area contributed by atoms with Gasteiger partial charge in [0.15, 0.2) is 0 Å². The minimum atomic E-state index is 0.120. The van der Waals surface area contributed by atoms with E-state index in [4.69, 9.17) is 0 Å². The molecule has 0 radical (unpaired) electrons. The van der Waals surface area contributed by atoms with Gasteiger partial charge in [0.05, 0.1) is 6.33 Å². The molecule has 0 spiro atoms. The van der Waals surface area contributed by atoms with Crippen LogP contribution in [0, 0.1) is 0 Å². The standard InChI is InChI=1S/C20H26N4O/c25-20(24(19-8-9-19)18-6-1-2-7-18)22-13-16-4-3-5-17(12-16)14-23-11-10-21-15-23/h3-5,10-12,15,18-19H,1-2,6-9,13-14H2,(H,22,25). The maximum atomic E-state index is 12.7. The predicted molar refractivity (Wildman–Crippen MR) is 97.1 cm³/mol. The fraction of sp³-hybridized carbons (Fsp3) is 0.500. The number of hydrogen-bond acceptors (Lipinski definition) is 2. The van der Waals surface area contributed by atoms with E-state index in [1.54, 1.807) is 6.20 Å². The summed E-state index contributed by atoms with van der Waals surface area (Å²) in [7, 11) is 0. The van der Waals surface area contributed by atoms with Gasteiger partial charge >= 0.3 is 6.03 Å². The van der Waals surface area contributed by atoms with Crippen molar-refractivity contribution in [3.05, 3.63) is 54.1 Å². The summed E-state index contributed by atoms with van der Waals surface area (Å²) in [4.78, 5) is 19.0. The van der Waals surface area contributed by atoms with Gasteiger partial charge in [-0.1, -0.05) is 37.1 Å². The average Bonchev–Trinajstić information content (AvgIpc) is 3.08. The Hall–Kier alpha value is -2.30. The van der Waals surface area contributed by atoms with Gasteiger partial charge < -0.3 is 14.8 Å². The van der Waals surface area contributed by atoms with Crippen LogP contribution >= 0.6 is 0 Å². The highest BCUT2D eigenvalue weighted by Gasteiger charge is 2.38. The van der Waals surface area contributed by atoms with Crippen LogP contribution in [0.4, 0.5) is 4.79 Å². The smallest absolute Gasteiger partial charge is 0.318 e. The lowest BCUT2D eigenvalue weighted by Gasteiger charge is -2.29. The van der Waals surface area contributed by atoms with Crippen molar-refractivity contribution in [2.45, 2.75) is 63.7 Å². The zero-order valence-electron chi connectivity index (χ0n) is 14.6. The minimum Gasteiger partial charge on any atom is -0.334 e. The van der Waals surface area contributed by atoms with Crippen LogP contribution in [0.2, 0.25) is 0 Å². The molecule has 5 heteroatoms. The SMILES string of the molecule is O=C(NCc1cccc(Cn2ccnc2)c1)N(C1CCCC1)C1CC1. The van der Waals surface area contributed by atoms with Crippen LogP contribution in [0.5, 0.6) is 0 Å². The van der Waals surface area contributed by atoms with E-state index in [2.05, 4.69) is 39.5 Å². The highest BCUT2D eigenvalue weighted by molar-refractivity contribution is 5.75. The van der Waals surface area contributed by atoms with Gasteiger partial charge in [-0.3, -0.25) is 0 Å². The van der Waals surface area contributed by atoms with E-state index in [-0.39, 0.29) is 6.03 Å². The Bertz CT molecular complexity index is 702. The second kappa shape index (κ2) is 7.30. The van der Waals surface area contributed by atoms with Crippen LogP contribution in [0.15, 0.2) is 43.0 Å². The number of hydrogen-bond donors (Lipinski definition) is 1. The highest BCUT2D eigenvalue weighted by Crippen LogP contribution is 2.34. The second-order valence-corrected chi connectivity index (χ2v) is 7.29. The molecule has 2 saturated carbocycles. The monoisotopic (exact) mass is 338 g/mol. The summed E-state index contributed by atoms with van der Waals surface area (Å²) in [6.45, 7) is 1.39. The molecular formula is C20H26N4O. The summed E-state index contributed by atoms with van der Waals surface area (Å²) in [6, 6.07) is 9.47. The topological polar surface area (TPSA) is 50.2 Å². The Morgan fingerprint density at radius 3 is 2.64 bits per heavy atom. The number of nitrogens with one attached hydrogen (secondary N) is 1. The van der Waals surface area contributed by atoms with Gasteiger partial charge in [-0.05, 0) is 36.8 Å². The summed E-state index contributed by atoms with van der Waals surface area (Å²) in [6.07, 6.45) is 12.8. The number of benzene rings is 1. The van der Waals surface area contributed by atoms with Gasteiger partial charge in [0.25, 0.3) is 0 Å². The number of aromatic nitrogens is 2. The molecule has 0 unspecified atom stereocenters. The molecule has 2 fully saturated rings. The molecular weight excluding hydrogens is 312 g/mol. The quantitative estimate of drug-likeness (QED) is 0.876. The van der Waals surface area contributed by atoms with Crippen LogP contribution in [-0.4, -0.2) is 32.6 Å². The van der Waals surface area contributed by atoms with E-state index in [0.717, 1.165) is 12.1 Å². The molecule has 2 aliphatic rings. The van der Waals surface area contributed by atoms with Gasteiger partial charge in [-0.2, -0.15) is 0 Å². The lowest BCUT2D eigenvalue weighted by Crippen LogP contribution is -2.46. The maximum absolute atomic E-state index is 12.7. The van der Waals surface area contributed by atoms with Crippen LogP contribution in [0.3, 0.4) is 0 Å². The van der Waals surface area contributed by atoms with Crippen LogP contribution < -0.4 is 5.32 Å². The molecule has 2 amide bonds. The van der Waals surface area contributed by atoms with E-state index < -0.39 is 0 Å². The first-order chi connectivity index (χ1) is 12.3. The molecule has 4 rings (SSSR count). The first kappa shape index (κ1) is 16.2. The zero-order chi connectivity index (χ0) is 17.1. The van der Waals surface area contributed by atoms with E-state index in [1.165, 1.54) is 44.1 Å². The molecule has 25 heavy (non-hydrogen) atoms. The fourth-order valence-electron chi connectivity index (χ4n) is 3.86. The van der Waals surface area contributed by atoms with Gasteiger partial charge in [0.1, 0.15) is 0 Å². The van der Waals surface area contributed by atoms with Crippen LogP contribution in [0.1, 0.15) is 49.7 Å². The highest BCUT2D eigenvalue weighted by atomic mass is 16.2. The molecule has 0 saturated heterocycles. The number of amides is 2. The third-order valence-corrected chi connectivity index (χ3v) is 5.25. The summed E-state index contributed by atoms with van der Waals surface area (Å²) in [5.74, 6) is 0.